The van der Waals surface area contributed by atoms with Crippen LogP contribution in [-0.4, -0.2) is 29.1 Å². The third-order valence-corrected chi connectivity index (χ3v) is 4.45. The van der Waals surface area contributed by atoms with Gasteiger partial charge in [-0.05, 0) is 25.0 Å². The number of ketones is 1. The Morgan fingerprint density at radius 1 is 1.27 bits per heavy atom. The van der Waals surface area contributed by atoms with Crippen LogP contribution in [0.1, 0.15) is 28.0 Å². The number of carbonyl (C=O) groups excluding carboxylic acids is 1. The summed E-state index contributed by atoms with van der Waals surface area (Å²) >= 11 is 0. The molecule has 0 spiro atoms. The number of nitrogens with zero attached hydrogens (tertiary/aromatic N) is 3. The highest BCUT2D eigenvalue weighted by Crippen LogP contribution is 2.25. The molecule has 1 aliphatic heterocycles. The Balaban J connectivity index is 2.06. The minimum Gasteiger partial charge on any atom is -0.497 e. The van der Waals surface area contributed by atoms with E-state index < -0.39 is 23.6 Å². The van der Waals surface area contributed by atoms with E-state index >= 15 is 0 Å². The molecule has 0 N–H and O–H groups in total. The van der Waals surface area contributed by atoms with Crippen LogP contribution >= 0.6 is 0 Å². The van der Waals surface area contributed by atoms with Gasteiger partial charge in [0.25, 0.3) is 5.56 Å². The Labute approximate surface area is 148 Å². The average molecular weight is 355 g/mol. The van der Waals surface area contributed by atoms with Crippen molar-refractivity contribution in [2.75, 3.05) is 14.2 Å². The average Bonchev–Trinajstić information content (AvgIpc) is 3.14. The van der Waals surface area contributed by atoms with Gasteiger partial charge < -0.3 is 9.47 Å². The highest BCUT2D eigenvalue weighted by Gasteiger charge is 2.24. The minimum atomic E-state index is -0.730. The molecular formula is C18H17N3O5. The molecule has 1 aromatic carbocycles. The van der Waals surface area contributed by atoms with Crippen molar-refractivity contribution >= 4 is 5.78 Å². The molecule has 2 aromatic rings. The monoisotopic (exact) mass is 355 g/mol. The number of benzene rings is 1. The molecule has 1 aliphatic rings. The number of methoxy groups -OCH3 is 2. The topological polar surface area (TPSA) is 103 Å². The van der Waals surface area contributed by atoms with Crippen LogP contribution < -0.4 is 20.7 Å². The summed E-state index contributed by atoms with van der Waals surface area (Å²) in [7, 11) is 2.90. The first-order valence-electron chi connectivity index (χ1n) is 8.03. The summed E-state index contributed by atoms with van der Waals surface area (Å²) in [5.74, 6) is 0.329. The molecule has 8 nitrogen and oxygen atoms in total. The molecule has 134 valence electrons. The Kier molecular flexibility index (Phi) is 4.63. The van der Waals surface area contributed by atoms with Crippen LogP contribution in [0.25, 0.3) is 0 Å². The van der Waals surface area contributed by atoms with Crippen LogP contribution in [0.2, 0.25) is 0 Å². The summed E-state index contributed by atoms with van der Waals surface area (Å²) in [5, 5.41) is 9.29. The van der Waals surface area contributed by atoms with Crippen LogP contribution in [0.5, 0.6) is 11.5 Å². The van der Waals surface area contributed by atoms with Gasteiger partial charge in [-0.1, -0.05) is 0 Å². The lowest BCUT2D eigenvalue weighted by Gasteiger charge is -2.12. The molecule has 1 aromatic heterocycles. The molecule has 0 bridgehead atoms. The zero-order chi connectivity index (χ0) is 18.8. The number of nitriles is 1. The third-order valence-electron chi connectivity index (χ3n) is 4.45. The zero-order valence-corrected chi connectivity index (χ0v) is 14.4. The highest BCUT2D eigenvalue weighted by atomic mass is 16.5. The lowest BCUT2D eigenvalue weighted by atomic mass is 10.1. The van der Waals surface area contributed by atoms with Gasteiger partial charge in [0.15, 0.2) is 5.78 Å². The quantitative estimate of drug-likeness (QED) is 0.733. The molecule has 8 heteroatoms. The lowest BCUT2D eigenvalue weighted by Crippen LogP contribution is -2.43. The maximum Gasteiger partial charge on any atom is 0.331 e. The molecule has 3 rings (SSSR count). The summed E-state index contributed by atoms with van der Waals surface area (Å²) in [6.45, 7) is -0.0293. The van der Waals surface area contributed by atoms with Crippen molar-refractivity contribution in [1.29, 1.82) is 5.26 Å². The normalized spacial score (nSPS) is 12.3. The number of Topliss-reactive ketones (excluding diaryl/α,β-unsaturated/α-hetero) is 1. The maximum absolute atomic E-state index is 12.7. The van der Waals surface area contributed by atoms with Crippen molar-refractivity contribution in [2.45, 2.75) is 25.9 Å². The smallest absolute Gasteiger partial charge is 0.331 e. The molecular weight excluding hydrogens is 338 g/mol. The molecule has 0 atom stereocenters. The van der Waals surface area contributed by atoms with E-state index in [1.807, 2.05) is 6.07 Å². The second-order valence-electron chi connectivity index (χ2n) is 5.85. The Morgan fingerprint density at radius 2 is 2.04 bits per heavy atom. The number of aromatic nitrogens is 2. The third kappa shape index (κ3) is 2.77. The Bertz CT molecular complexity index is 1040. The molecule has 0 radical (unpaired) electrons. The summed E-state index contributed by atoms with van der Waals surface area (Å²) in [6.07, 6.45) is 1.20. The molecule has 0 fully saturated rings. The van der Waals surface area contributed by atoms with Crippen LogP contribution in [0.3, 0.4) is 0 Å². The van der Waals surface area contributed by atoms with Gasteiger partial charge in [-0.15, -0.1) is 0 Å². The summed E-state index contributed by atoms with van der Waals surface area (Å²) < 4.78 is 12.5. The number of hydrogen-bond donors (Lipinski definition) is 0. The fraction of sp³-hybridized carbons (Fsp3) is 0.333. The van der Waals surface area contributed by atoms with Gasteiger partial charge in [-0.3, -0.25) is 18.7 Å². The van der Waals surface area contributed by atoms with Gasteiger partial charge in [0.05, 0.1) is 26.3 Å². The highest BCUT2D eigenvalue weighted by molar-refractivity contribution is 5.98. The number of hydrogen-bond acceptors (Lipinski definition) is 6. The van der Waals surface area contributed by atoms with Gasteiger partial charge in [-0.2, -0.15) is 5.26 Å². The molecule has 26 heavy (non-hydrogen) atoms. The van der Waals surface area contributed by atoms with Crippen molar-refractivity contribution in [3.63, 3.8) is 0 Å². The molecule has 0 unspecified atom stereocenters. The fourth-order valence-corrected chi connectivity index (χ4v) is 3.15. The number of ether oxygens (including phenoxy) is 2. The van der Waals surface area contributed by atoms with Crippen molar-refractivity contribution in [3.05, 3.63) is 55.9 Å². The van der Waals surface area contributed by atoms with E-state index in [0.29, 0.717) is 30.8 Å². The van der Waals surface area contributed by atoms with Crippen LogP contribution in [0.4, 0.5) is 0 Å². The summed E-state index contributed by atoms with van der Waals surface area (Å²) in [4.78, 5) is 37.8. The second-order valence-corrected chi connectivity index (χ2v) is 5.85. The predicted octanol–water partition coefficient (Wildman–Crippen LogP) is 0.728. The van der Waals surface area contributed by atoms with Crippen LogP contribution in [0, 0.1) is 11.3 Å². The van der Waals surface area contributed by atoms with Gasteiger partial charge in [0.1, 0.15) is 23.1 Å². The van der Waals surface area contributed by atoms with E-state index in [9.17, 15) is 19.6 Å². The van der Waals surface area contributed by atoms with E-state index in [-0.39, 0.29) is 16.9 Å². The van der Waals surface area contributed by atoms with E-state index in [4.69, 9.17) is 9.47 Å². The fourth-order valence-electron chi connectivity index (χ4n) is 3.15. The molecule has 0 amide bonds. The first kappa shape index (κ1) is 17.5. The SMILES string of the molecule is COc1ccc(C(=O)Cn2c(=O)c(C#N)c3n(c2=O)CCC3)c(OC)c1. The second kappa shape index (κ2) is 6.88. The number of carbonyl (C=O) groups is 1. The van der Waals surface area contributed by atoms with E-state index in [0.717, 1.165) is 4.57 Å². The maximum atomic E-state index is 12.7. The minimum absolute atomic E-state index is 0.0726. The predicted molar refractivity (Wildman–Crippen MR) is 91.9 cm³/mol. The molecule has 0 saturated carbocycles. The van der Waals surface area contributed by atoms with E-state index in [1.54, 1.807) is 12.1 Å². The molecule has 2 heterocycles. The van der Waals surface area contributed by atoms with Crippen LogP contribution in [0.15, 0.2) is 27.8 Å². The van der Waals surface area contributed by atoms with Crippen molar-refractivity contribution in [1.82, 2.24) is 9.13 Å². The Hall–Kier alpha value is -3.34. The molecule has 0 aliphatic carbocycles. The first-order chi connectivity index (χ1) is 12.5. The Morgan fingerprint density at radius 3 is 2.69 bits per heavy atom. The zero-order valence-electron chi connectivity index (χ0n) is 14.4. The van der Waals surface area contributed by atoms with Gasteiger partial charge in [-0.25, -0.2) is 4.79 Å². The van der Waals surface area contributed by atoms with Gasteiger partial charge in [0.2, 0.25) is 0 Å². The van der Waals surface area contributed by atoms with Gasteiger partial charge in [0, 0.05) is 18.3 Å². The molecule has 0 saturated heterocycles. The number of fused-ring (bicyclic) bond motifs is 1. The standard InChI is InChI=1S/C18H17N3O5/c1-25-11-5-6-12(16(8-11)26-2)15(22)10-21-17(23)13(9-19)14-4-3-7-20(14)18(21)24/h5-6,8H,3-4,7,10H2,1-2H3. The number of rotatable bonds is 5. The van der Waals surface area contributed by atoms with Gasteiger partial charge >= 0.3 is 5.69 Å². The van der Waals surface area contributed by atoms with E-state index in [2.05, 4.69) is 0 Å². The van der Waals surface area contributed by atoms with Crippen molar-refractivity contribution in [3.8, 4) is 17.6 Å². The van der Waals surface area contributed by atoms with E-state index in [1.165, 1.54) is 24.9 Å². The first-order valence-corrected chi connectivity index (χ1v) is 8.03. The summed E-state index contributed by atoms with van der Waals surface area (Å²) in [6, 6.07) is 6.52. The summed E-state index contributed by atoms with van der Waals surface area (Å²) in [5.41, 5.74) is -0.692. The van der Waals surface area contributed by atoms with Crippen molar-refractivity contribution in [2.24, 2.45) is 0 Å². The lowest BCUT2D eigenvalue weighted by molar-refractivity contribution is 0.0965. The van der Waals surface area contributed by atoms with Crippen molar-refractivity contribution < 1.29 is 14.3 Å². The van der Waals surface area contributed by atoms with Crippen LogP contribution in [-0.2, 0) is 19.5 Å². The largest absolute Gasteiger partial charge is 0.497 e.